The fourth-order valence-electron chi connectivity index (χ4n) is 8.43. The van der Waals surface area contributed by atoms with Gasteiger partial charge < -0.3 is 0 Å². The summed E-state index contributed by atoms with van der Waals surface area (Å²) in [7, 11) is 0. The van der Waals surface area contributed by atoms with Gasteiger partial charge in [-0.15, -0.1) is 0 Å². The summed E-state index contributed by atoms with van der Waals surface area (Å²) >= 11 is 0. The Hall–Kier alpha value is -5.46. The van der Waals surface area contributed by atoms with Crippen molar-refractivity contribution in [2.24, 2.45) is 0 Å². The zero-order valence-electron chi connectivity index (χ0n) is 22.7. The van der Waals surface area contributed by atoms with E-state index in [-0.39, 0.29) is 0 Å². The monoisotopic (exact) mass is 526 g/mol. The first-order valence-corrected chi connectivity index (χ1v) is 14.8. The van der Waals surface area contributed by atoms with Gasteiger partial charge in [-0.2, -0.15) is 0 Å². The van der Waals surface area contributed by atoms with Crippen LogP contribution in [0.25, 0.3) is 108 Å². The van der Waals surface area contributed by atoms with E-state index in [0.717, 1.165) is 0 Å². The molecule has 0 radical (unpaired) electrons. The maximum absolute atomic E-state index is 2.49. The molecule has 0 saturated heterocycles. The van der Waals surface area contributed by atoms with Crippen molar-refractivity contribution in [1.82, 2.24) is 0 Å². The highest BCUT2D eigenvalue weighted by molar-refractivity contribution is 6.42. The SMILES string of the molecule is c1ccc2c(c1)c1cccc3c4cc5cc6c7cccc8cccc(c9cccc(c5cc4c4cccc2c4c13)c96)c87. The molecule has 42 heavy (non-hydrogen) atoms. The Labute approximate surface area is 240 Å². The Kier molecular flexibility index (Phi) is 3.67. The lowest BCUT2D eigenvalue weighted by molar-refractivity contribution is 1.79. The smallest absolute Gasteiger partial charge is 0.00139 e. The highest BCUT2D eigenvalue weighted by atomic mass is 14.2. The standard InChI is InChI=1S/C42H22/c1-2-11-26-25(10-1)27-14-5-18-32-36-20-24-21-38-34-13-4-9-23-8-3-12-29(39(23)34)30-16-7-17-31(40(30)38)35(24)22-37(36)33-19-6-15-28(26)42(33)41(27)32/h1-22H. The summed E-state index contributed by atoms with van der Waals surface area (Å²) in [6.07, 6.45) is 0. The van der Waals surface area contributed by atoms with Crippen LogP contribution < -0.4 is 0 Å². The molecule has 0 aliphatic heterocycles. The number of benzene rings is 11. The van der Waals surface area contributed by atoms with Crippen molar-refractivity contribution in [3.8, 4) is 0 Å². The van der Waals surface area contributed by atoms with Crippen LogP contribution in [-0.4, -0.2) is 0 Å². The second-order valence-corrected chi connectivity index (χ2v) is 12.0. The third-order valence-electron chi connectivity index (χ3n) is 10.1. The Balaban J connectivity index is 1.43. The first-order valence-electron chi connectivity index (χ1n) is 14.8. The summed E-state index contributed by atoms with van der Waals surface area (Å²) in [5.41, 5.74) is 0. The molecule has 0 heteroatoms. The van der Waals surface area contributed by atoms with Gasteiger partial charge >= 0.3 is 0 Å². The van der Waals surface area contributed by atoms with E-state index in [9.17, 15) is 0 Å². The maximum atomic E-state index is 2.49. The summed E-state index contributed by atoms with van der Waals surface area (Å²) < 4.78 is 0. The summed E-state index contributed by atoms with van der Waals surface area (Å²) in [6, 6.07) is 50.5. The third kappa shape index (κ3) is 2.39. The molecule has 0 heterocycles. The molecule has 0 spiro atoms. The van der Waals surface area contributed by atoms with Crippen molar-refractivity contribution in [3.63, 3.8) is 0 Å². The molecule has 0 amide bonds. The first-order chi connectivity index (χ1) is 20.8. The van der Waals surface area contributed by atoms with Crippen molar-refractivity contribution in [1.29, 1.82) is 0 Å². The second-order valence-electron chi connectivity index (χ2n) is 12.0. The Morgan fingerprint density at radius 3 is 1.17 bits per heavy atom. The van der Waals surface area contributed by atoms with E-state index in [1.165, 1.54) is 108 Å². The lowest BCUT2D eigenvalue weighted by Gasteiger charge is -2.19. The largest absolute Gasteiger partial charge is 0.0616 e. The van der Waals surface area contributed by atoms with Gasteiger partial charge in [-0.3, -0.25) is 0 Å². The molecule has 11 aromatic carbocycles. The topological polar surface area (TPSA) is 0 Å². The highest BCUT2D eigenvalue weighted by Crippen LogP contribution is 2.48. The van der Waals surface area contributed by atoms with E-state index in [4.69, 9.17) is 0 Å². The Bertz CT molecular complexity index is 2940. The summed E-state index contributed by atoms with van der Waals surface area (Å²) in [6.45, 7) is 0. The van der Waals surface area contributed by atoms with E-state index < -0.39 is 0 Å². The fraction of sp³-hybridized carbons (Fsp3) is 0. The number of rotatable bonds is 0. The van der Waals surface area contributed by atoms with Gasteiger partial charge in [0.25, 0.3) is 0 Å². The number of hydrogen-bond acceptors (Lipinski definition) is 0. The molecule has 0 unspecified atom stereocenters. The minimum absolute atomic E-state index is 1.30. The van der Waals surface area contributed by atoms with Crippen LogP contribution >= 0.6 is 0 Å². The molecule has 0 aromatic heterocycles. The summed E-state index contributed by atoms with van der Waals surface area (Å²) in [4.78, 5) is 0. The van der Waals surface area contributed by atoms with Crippen LogP contribution in [0.15, 0.2) is 133 Å². The molecule has 11 rings (SSSR count). The normalized spacial score (nSPS) is 12.8. The van der Waals surface area contributed by atoms with Crippen molar-refractivity contribution in [3.05, 3.63) is 133 Å². The summed E-state index contributed by atoms with van der Waals surface area (Å²) in [5, 5.41) is 26.9. The maximum Gasteiger partial charge on any atom is -0.00139 e. The van der Waals surface area contributed by atoms with Gasteiger partial charge in [-0.1, -0.05) is 115 Å². The van der Waals surface area contributed by atoms with Crippen molar-refractivity contribution >= 4 is 108 Å². The van der Waals surface area contributed by atoms with Gasteiger partial charge in [-0.25, -0.2) is 0 Å². The second kappa shape index (κ2) is 7.24. The van der Waals surface area contributed by atoms with E-state index in [2.05, 4.69) is 133 Å². The van der Waals surface area contributed by atoms with Gasteiger partial charge in [0.15, 0.2) is 0 Å². The van der Waals surface area contributed by atoms with Gasteiger partial charge in [0.1, 0.15) is 0 Å². The molecule has 0 N–H and O–H groups in total. The molecule has 0 saturated carbocycles. The molecule has 0 aliphatic rings. The van der Waals surface area contributed by atoms with Gasteiger partial charge in [-0.05, 0) is 126 Å². The van der Waals surface area contributed by atoms with E-state index in [1.54, 1.807) is 0 Å². The molecule has 11 aromatic rings. The molecule has 0 aliphatic carbocycles. The predicted octanol–water partition coefficient (Wildman–Crippen LogP) is 12.1. The zero-order valence-corrected chi connectivity index (χ0v) is 22.7. The fourth-order valence-corrected chi connectivity index (χ4v) is 8.43. The van der Waals surface area contributed by atoms with Crippen LogP contribution in [-0.2, 0) is 0 Å². The van der Waals surface area contributed by atoms with E-state index in [1.807, 2.05) is 0 Å². The highest BCUT2D eigenvalue weighted by Gasteiger charge is 2.19. The lowest BCUT2D eigenvalue weighted by Crippen LogP contribution is -1.91. The van der Waals surface area contributed by atoms with Crippen LogP contribution in [0, 0.1) is 0 Å². The molecular formula is C42H22. The van der Waals surface area contributed by atoms with Crippen LogP contribution in [0.5, 0.6) is 0 Å². The molecule has 0 bridgehead atoms. The number of fused-ring (bicyclic) bond motifs is 10. The van der Waals surface area contributed by atoms with Crippen LogP contribution in [0.2, 0.25) is 0 Å². The predicted molar refractivity (Wildman–Crippen MR) is 184 cm³/mol. The molecular weight excluding hydrogens is 504 g/mol. The zero-order chi connectivity index (χ0) is 27.1. The van der Waals surface area contributed by atoms with Crippen molar-refractivity contribution in [2.45, 2.75) is 0 Å². The van der Waals surface area contributed by atoms with Crippen molar-refractivity contribution in [2.75, 3.05) is 0 Å². The molecule has 0 fully saturated rings. The van der Waals surface area contributed by atoms with Crippen LogP contribution in [0.1, 0.15) is 0 Å². The van der Waals surface area contributed by atoms with Gasteiger partial charge in [0, 0.05) is 0 Å². The minimum atomic E-state index is 1.30. The third-order valence-corrected chi connectivity index (χ3v) is 10.1. The quantitative estimate of drug-likeness (QED) is 0.136. The first kappa shape index (κ1) is 21.3. The lowest BCUT2D eigenvalue weighted by atomic mass is 9.84. The Morgan fingerprint density at radius 2 is 0.571 bits per heavy atom. The average molecular weight is 527 g/mol. The molecule has 0 atom stereocenters. The Morgan fingerprint density at radius 1 is 0.190 bits per heavy atom. The molecule has 0 nitrogen and oxygen atoms in total. The molecule has 190 valence electrons. The minimum Gasteiger partial charge on any atom is -0.0616 e. The van der Waals surface area contributed by atoms with Crippen molar-refractivity contribution < 1.29 is 0 Å². The van der Waals surface area contributed by atoms with E-state index in [0.29, 0.717) is 0 Å². The number of hydrogen-bond donors (Lipinski definition) is 0. The van der Waals surface area contributed by atoms with Crippen LogP contribution in [0.3, 0.4) is 0 Å². The van der Waals surface area contributed by atoms with Gasteiger partial charge in [0.2, 0.25) is 0 Å². The van der Waals surface area contributed by atoms with Gasteiger partial charge in [0.05, 0.1) is 0 Å². The average Bonchev–Trinajstić information content (AvgIpc) is 3.06. The summed E-state index contributed by atoms with van der Waals surface area (Å²) in [5.74, 6) is 0. The van der Waals surface area contributed by atoms with E-state index >= 15 is 0 Å². The van der Waals surface area contributed by atoms with Crippen LogP contribution in [0.4, 0.5) is 0 Å².